The first kappa shape index (κ1) is 16.3. The molecule has 1 N–H and O–H groups in total. The number of piperidine rings is 1. The van der Waals surface area contributed by atoms with Crippen LogP contribution in [0, 0.1) is 0 Å². The van der Waals surface area contributed by atoms with Gasteiger partial charge in [0.1, 0.15) is 5.75 Å². The van der Waals surface area contributed by atoms with Gasteiger partial charge in [-0.25, -0.2) is 4.79 Å². The van der Waals surface area contributed by atoms with Crippen LogP contribution in [0.5, 0.6) is 17.2 Å². The van der Waals surface area contributed by atoms with Crippen LogP contribution < -0.4 is 9.47 Å². The van der Waals surface area contributed by atoms with Crippen LogP contribution in [0.25, 0.3) is 0 Å². The number of benzene rings is 1. The lowest BCUT2D eigenvalue weighted by Crippen LogP contribution is -2.53. The van der Waals surface area contributed by atoms with E-state index in [0.717, 1.165) is 57.7 Å². The molecule has 4 rings (SSSR count). The molecule has 0 atom stereocenters. The molecule has 2 fully saturated rings. The van der Waals surface area contributed by atoms with E-state index in [0.29, 0.717) is 18.0 Å². The van der Waals surface area contributed by atoms with Crippen LogP contribution in [0.2, 0.25) is 0 Å². The summed E-state index contributed by atoms with van der Waals surface area (Å²) in [7, 11) is 0. The summed E-state index contributed by atoms with van der Waals surface area (Å²) in [5, 5.41) is 10.2. The van der Waals surface area contributed by atoms with E-state index in [1.54, 1.807) is 6.07 Å². The second-order valence-corrected chi connectivity index (χ2v) is 6.93. The third-order valence-corrected chi connectivity index (χ3v) is 5.24. The minimum Gasteiger partial charge on any atom is -0.507 e. The smallest absolute Gasteiger partial charge is 0.320 e. The minimum atomic E-state index is 0.185. The van der Waals surface area contributed by atoms with E-state index in [-0.39, 0.29) is 18.6 Å². The topological polar surface area (TPSA) is 65.5 Å². The van der Waals surface area contributed by atoms with Crippen LogP contribution in [-0.2, 0) is 6.54 Å². The number of carbonyl (C=O) groups excluding carboxylic acids is 1. The standard InChI is InChI=1S/C18H25N3O4/c22-15-11-17-16(24-13-25-17)10-14(15)12-19-6-8-21(9-7-19)18(23)20-4-2-1-3-5-20/h10-11,22H,1-9,12-13H2. The van der Waals surface area contributed by atoms with Crippen molar-refractivity contribution in [3.63, 3.8) is 0 Å². The van der Waals surface area contributed by atoms with E-state index in [4.69, 9.17) is 9.47 Å². The second-order valence-electron chi connectivity index (χ2n) is 6.93. The van der Waals surface area contributed by atoms with Gasteiger partial charge in [0.25, 0.3) is 0 Å². The minimum absolute atomic E-state index is 0.185. The summed E-state index contributed by atoms with van der Waals surface area (Å²) in [5.41, 5.74) is 0.833. The Labute approximate surface area is 147 Å². The van der Waals surface area contributed by atoms with Crippen LogP contribution in [0.3, 0.4) is 0 Å². The van der Waals surface area contributed by atoms with Crippen molar-refractivity contribution < 1.29 is 19.4 Å². The number of hydrogen-bond donors (Lipinski definition) is 1. The number of urea groups is 1. The highest BCUT2D eigenvalue weighted by Crippen LogP contribution is 2.38. The molecular formula is C18H25N3O4. The first-order valence-corrected chi connectivity index (χ1v) is 9.08. The van der Waals surface area contributed by atoms with Gasteiger partial charge in [-0.05, 0) is 25.3 Å². The Morgan fingerprint density at radius 3 is 2.28 bits per heavy atom. The molecule has 2 saturated heterocycles. The lowest BCUT2D eigenvalue weighted by molar-refractivity contribution is 0.104. The van der Waals surface area contributed by atoms with E-state index >= 15 is 0 Å². The molecule has 3 aliphatic heterocycles. The molecule has 0 aliphatic carbocycles. The van der Waals surface area contributed by atoms with Crippen LogP contribution >= 0.6 is 0 Å². The van der Waals surface area contributed by atoms with Gasteiger partial charge in [0.15, 0.2) is 11.5 Å². The van der Waals surface area contributed by atoms with Crippen molar-refractivity contribution in [2.45, 2.75) is 25.8 Å². The van der Waals surface area contributed by atoms with E-state index in [1.807, 2.05) is 15.9 Å². The van der Waals surface area contributed by atoms with E-state index in [1.165, 1.54) is 6.42 Å². The molecule has 2 amide bonds. The summed E-state index contributed by atoms with van der Waals surface area (Å²) < 4.78 is 10.7. The molecule has 7 nitrogen and oxygen atoms in total. The van der Waals surface area contributed by atoms with Crippen LogP contribution in [0.1, 0.15) is 24.8 Å². The zero-order chi connectivity index (χ0) is 17.2. The van der Waals surface area contributed by atoms with E-state index < -0.39 is 0 Å². The van der Waals surface area contributed by atoms with Gasteiger partial charge in [-0.15, -0.1) is 0 Å². The second kappa shape index (κ2) is 7.00. The van der Waals surface area contributed by atoms with Gasteiger partial charge in [-0.1, -0.05) is 0 Å². The maximum atomic E-state index is 12.6. The summed E-state index contributed by atoms with van der Waals surface area (Å²) in [4.78, 5) is 18.8. The Morgan fingerprint density at radius 1 is 0.920 bits per heavy atom. The first-order chi connectivity index (χ1) is 12.2. The molecule has 3 heterocycles. The SMILES string of the molecule is O=C(N1CCCCC1)N1CCN(Cc2cc3c(cc2O)OCO3)CC1. The molecule has 0 radical (unpaired) electrons. The first-order valence-electron chi connectivity index (χ1n) is 9.08. The van der Waals surface area contributed by atoms with Crippen molar-refractivity contribution in [1.82, 2.24) is 14.7 Å². The van der Waals surface area contributed by atoms with Gasteiger partial charge in [0.05, 0.1) is 0 Å². The number of piperazine rings is 1. The number of carbonyl (C=O) groups is 1. The average Bonchev–Trinajstić information content (AvgIpc) is 3.10. The Balaban J connectivity index is 1.32. The summed E-state index contributed by atoms with van der Waals surface area (Å²) in [5.74, 6) is 1.51. The van der Waals surface area contributed by atoms with Gasteiger partial charge >= 0.3 is 6.03 Å². The number of amides is 2. The van der Waals surface area contributed by atoms with E-state index in [9.17, 15) is 9.90 Å². The van der Waals surface area contributed by atoms with Crippen molar-refractivity contribution >= 4 is 6.03 Å². The quantitative estimate of drug-likeness (QED) is 0.884. The zero-order valence-corrected chi connectivity index (χ0v) is 14.4. The average molecular weight is 347 g/mol. The van der Waals surface area contributed by atoms with Gasteiger partial charge in [0, 0.05) is 57.4 Å². The third kappa shape index (κ3) is 3.46. The van der Waals surface area contributed by atoms with Crippen molar-refractivity contribution in [3.8, 4) is 17.2 Å². The van der Waals surface area contributed by atoms with Crippen molar-refractivity contribution in [2.24, 2.45) is 0 Å². The number of nitrogens with zero attached hydrogens (tertiary/aromatic N) is 3. The fourth-order valence-electron chi connectivity index (χ4n) is 3.72. The number of phenols is 1. The molecule has 1 aromatic rings. The number of aromatic hydroxyl groups is 1. The molecule has 25 heavy (non-hydrogen) atoms. The zero-order valence-electron chi connectivity index (χ0n) is 14.4. The van der Waals surface area contributed by atoms with Crippen LogP contribution in [0.15, 0.2) is 12.1 Å². The lowest BCUT2D eigenvalue weighted by Gasteiger charge is -2.38. The summed E-state index contributed by atoms with van der Waals surface area (Å²) >= 11 is 0. The Morgan fingerprint density at radius 2 is 1.56 bits per heavy atom. The molecule has 3 aliphatic rings. The third-order valence-electron chi connectivity index (χ3n) is 5.24. The number of rotatable bonds is 2. The maximum absolute atomic E-state index is 12.6. The lowest BCUT2D eigenvalue weighted by atomic mass is 10.1. The Bertz CT molecular complexity index is 637. The Hall–Kier alpha value is -2.15. The number of likely N-dealkylation sites (tertiary alicyclic amines) is 1. The van der Waals surface area contributed by atoms with Crippen molar-refractivity contribution in [2.75, 3.05) is 46.1 Å². The van der Waals surface area contributed by atoms with Crippen molar-refractivity contribution in [3.05, 3.63) is 17.7 Å². The van der Waals surface area contributed by atoms with E-state index in [2.05, 4.69) is 4.90 Å². The summed E-state index contributed by atoms with van der Waals surface area (Å²) in [6.07, 6.45) is 3.47. The number of phenolic OH excluding ortho intramolecular Hbond substituents is 1. The fourth-order valence-corrected chi connectivity index (χ4v) is 3.72. The van der Waals surface area contributed by atoms with Gasteiger partial charge in [-0.2, -0.15) is 0 Å². The maximum Gasteiger partial charge on any atom is 0.320 e. The van der Waals surface area contributed by atoms with Crippen LogP contribution in [-0.4, -0.2) is 71.9 Å². The molecular weight excluding hydrogens is 322 g/mol. The number of fused-ring (bicyclic) bond motifs is 1. The molecule has 136 valence electrons. The highest BCUT2D eigenvalue weighted by molar-refractivity contribution is 5.74. The summed E-state index contributed by atoms with van der Waals surface area (Å²) in [6.45, 7) is 5.74. The molecule has 7 heteroatoms. The molecule has 0 unspecified atom stereocenters. The number of ether oxygens (including phenoxy) is 2. The van der Waals surface area contributed by atoms with Crippen molar-refractivity contribution in [1.29, 1.82) is 0 Å². The summed E-state index contributed by atoms with van der Waals surface area (Å²) in [6, 6.07) is 3.65. The highest BCUT2D eigenvalue weighted by atomic mass is 16.7. The fraction of sp³-hybridized carbons (Fsp3) is 0.611. The molecule has 1 aromatic carbocycles. The number of hydrogen-bond acceptors (Lipinski definition) is 5. The Kier molecular flexibility index (Phi) is 4.57. The molecule has 0 bridgehead atoms. The predicted octanol–water partition coefficient (Wildman–Crippen LogP) is 1.84. The highest BCUT2D eigenvalue weighted by Gasteiger charge is 2.27. The normalized spacial score (nSPS) is 20.8. The monoisotopic (exact) mass is 347 g/mol. The van der Waals surface area contributed by atoms with Gasteiger partial charge < -0.3 is 24.4 Å². The van der Waals surface area contributed by atoms with Crippen LogP contribution in [0.4, 0.5) is 4.79 Å². The molecule has 0 spiro atoms. The molecule has 0 saturated carbocycles. The van der Waals surface area contributed by atoms with Gasteiger partial charge in [-0.3, -0.25) is 4.90 Å². The van der Waals surface area contributed by atoms with Gasteiger partial charge in [0.2, 0.25) is 6.79 Å². The largest absolute Gasteiger partial charge is 0.507 e. The molecule has 0 aromatic heterocycles. The predicted molar refractivity (Wildman–Crippen MR) is 91.9 cm³/mol.